The molecule has 2 N–H and O–H groups in total. The first-order valence-electron chi connectivity index (χ1n) is 4.22. The molecule has 1 rings (SSSR count). The molecule has 0 saturated carbocycles. The van der Waals surface area contributed by atoms with Crippen LogP contribution in [0.15, 0.2) is 11.6 Å². The summed E-state index contributed by atoms with van der Waals surface area (Å²) in [5.41, 5.74) is 0. The molecule has 0 fully saturated rings. The lowest BCUT2D eigenvalue weighted by Crippen LogP contribution is -2.35. The molecule has 0 spiro atoms. The lowest BCUT2D eigenvalue weighted by Gasteiger charge is -2.01. The minimum atomic E-state index is -0.673. The van der Waals surface area contributed by atoms with Crippen molar-refractivity contribution in [1.82, 2.24) is 10.3 Å². The first kappa shape index (κ1) is 10.6. The zero-order chi connectivity index (χ0) is 10.4. The van der Waals surface area contributed by atoms with Crippen LogP contribution in [0.2, 0.25) is 0 Å². The van der Waals surface area contributed by atoms with Crippen LogP contribution in [0.5, 0.6) is 0 Å². The molecule has 0 saturated heterocycles. The zero-order valence-corrected chi connectivity index (χ0v) is 8.56. The van der Waals surface area contributed by atoms with Crippen LogP contribution >= 0.6 is 11.3 Å². The number of carbonyl (C=O) groups excluding carboxylic acids is 2. The Morgan fingerprint density at radius 1 is 1.50 bits per heavy atom. The molecule has 5 nitrogen and oxygen atoms in total. The van der Waals surface area contributed by atoms with E-state index in [2.05, 4.69) is 15.6 Å². The SMILES string of the molecule is CCCNC(=O)C(=O)Nc1nccs1. The van der Waals surface area contributed by atoms with Gasteiger partial charge in [-0.3, -0.25) is 14.9 Å². The summed E-state index contributed by atoms with van der Waals surface area (Å²) in [6, 6.07) is 0. The molecule has 6 heteroatoms. The lowest BCUT2D eigenvalue weighted by molar-refractivity contribution is -0.136. The highest BCUT2D eigenvalue weighted by atomic mass is 32.1. The molecule has 0 bridgehead atoms. The van der Waals surface area contributed by atoms with Crippen LogP contribution in [0.1, 0.15) is 13.3 Å². The van der Waals surface area contributed by atoms with Gasteiger partial charge in [-0.25, -0.2) is 4.98 Å². The molecule has 0 aliphatic rings. The van der Waals surface area contributed by atoms with Gasteiger partial charge in [-0.15, -0.1) is 11.3 Å². The van der Waals surface area contributed by atoms with E-state index in [0.717, 1.165) is 6.42 Å². The van der Waals surface area contributed by atoms with Gasteiger partial charge in [-0.1, -0.05) is 6.92 Å². The Hall–Kier alpha value is -1.43. The lowest BCUT2D eigenvalue weighted by atomic mass is 10.4. The van der Waals surface area contributed by atoms with Gasteiger partial charge in [0.2, 0.25) is 0 Å². The highest BCUT2D eigenvalue weighted by Crippen LogP contribution is 2.09. The van der Waals surface area contributed by atoms with Gasteiger partial charge in [0, 0.05) is 18.1 Å². The average Bonchev–Trinajstić information content (AvgIpc) is 2.66. The van der Waals surface area contributed by atoms with Crippen LogP contribution in [-0.4, -0.2) is 23.3 Å². The smallest absolute Gasteiger partial charge is 0.315 e. The minimum absolute atomic E-state index is 0.432. The minimum Gasteiger partial charge on any atom is -0.348 e. The van der Waals surface area contributed by atoms with Crippen molar-refractivity contribution in [2.24, 2.45) is 0 Å². The van der Waals surface area contributed by atoms with E-state index in [-0.39, 0.29) is 0 Å². The van der Waals surface area contributed by atoms with Gasteiger partial charge in [0.25, 0.3) is 0 Å². The van der Waals surface area contributed by atoms with Crippen molar-refractivity contribution >= 4 is 28.3 Å². The molecule has 0 radical (unpaired) electrons. The Balaban J connectivity index is 2.38. The molecule has 1 heterocycles. The number of nitrogens with zero attached hydrogens (tertiary/aromatic N) is 1. The Morgan fingerprint density at radius 3 is 2.86 bits per heavy atom. The standard InChI is InChI=1S/C8H11N3O2S/c1-2-3-9-6(12)7(13)11-8-10-4-5-14-8/h4-5H,2-3H2,1H3,(H,9,12)(H,10,11,13). The molecule has 1 aromatic heterocycles. The normalized spacial score (nSPS) is 9.50. The number of amides is 2. The fourth-order valence-corrected chi connectivity index (χ4v) is 1.28. The van der Waals surface area contributed by atoms with E-state index in [1.807, 2.05) is 6.92 Å². The van der Waals surface area contributed by atoms with E-state index < -0.39 is 11.8 Å². The number of nitrogens with one attached hydrogen (secondary N) is 2. The van der Waals surface area contributed by atoms with Gasteiger partial charge in [-0.2, -0.15) is 0 Å². The van der Waals surface area contributed by atoms with Gasteiger partial charge < -0.3 is 5.32 Å². The first-order chi connectivity index (χ1) is 6.74. The van der Waals surface area contributed by atoms with Crippen LogP contribution in [0.25, 0.3) is 0 Å². The molecule has 0 aliphatic carbocycles. The topological polar surface area (TPSA) is 71.1 Å². The van der Waals surface area contributed by atoms with Crippen molar-refractivity contribution in [1.29, 1.82) is 0 Å². The summed E-state index contributed by atoms with van der Waals surface area (Å²) in [4.78, 5) is 26.1. The van der Waals surface area contributed by atoms with Crippen molar-refractivity contribution in [2.75, 3.05) is 11.9 Å². The second kappa shape index (κ2) is 5.33. The Bertz CT molecular complexity index is 310. The second-order valence-corrected chi connectivity index (χ2v) is 3.44. The van der Waals surface area contributed by atoms with E-state index >= 15 is 0 Å². The van der Waals surface area contributed by atoms with Gasteiger partial charge in [-0.05, 0) is 6.42 Å². The van der Waals surface area contributed by atoms with Crippen molar-refractivity contribution in [3.8, 4) is 0 Å². The number of aromatic nitrogens is 1. The average molecular weight is 213 g/mol. The fraction of sp³-hybridized carbons (Fsp3) is 0.375. The molecule has 76 valence electrons. The predicted molar refractivity (Wildman–Crippen MR) is 54.0 cm³/mol. The number of rotatable bonds is 3. The molecule has 0 atom stereocenters. The Kier molecular flexibility index (Phi) is 4.06. The van der Waals surface area contributed by atoms with Crippen LogP contribution in [0.3, 0.4) is 0 Å². The molecule has 2 amide bonds. The number of hydrogen-bond acceptors (Lipinski definition) is 4. The summed E-state index contributed by atoms with van der Waals surface area (Å²) in [5.74, 6) is -1.30. The summed E-state index contributed by atoms with van der Waals surface area (Å²) < 4.78 is 0. The molecule has 14 heavy (non-hydrogen) atoms. The molecule has 0 aromatic carbocycles. The first-order valence-corrected chi connectivity index (χ1v) is 5.10. The van der Waals surface area contributed by atoms with E-state index in [1.165, 1.54) is 11.3 Å². The molecular formula is C8H11N3O2S. The summed E-state index contributed by atoms with van der Waals surface area (Å²) >= 11 is 1.27. The summed E-state index contributed by atoms with van der Waals surface area (Å²) in [6.45, 7) is 2.42. The zero-order valence-electron chi connectivity index (χ0n) is 7.74. The maximum Gasteiger partial charge on any atom is 0.315 e. The third-order valence-corrected chi connectivity index (χ3v) is 2.08. The van der Waals surface area contributed by atoms with Gasteiger partial charge >= 0.3 is 11.8 Å². The number of hydrogen-bond donors (Lipinski definition) is 2. The molecule has 0 aliphatic heterocycles. The van der Waals surface area contributed by atoms with Crippen molar-refractivity contribution in [2.45, 2.75) is 13.3 Å². The van der Waals surface area contributed by atoms with Gasteiger partial charge in [0.15, 0.2) is 5.13 Å². The predicted octanol–water partition coefficient (Wildman–Crippen LogP) is 0.608. The number of carbonyl (C=O) groups is 2. The van der Waals surface area contributed by atoms with Crippen molar-refractivity contribution < 1.29 is 9.59 Å². The summed E-state index contributed by atoms with van der Waals surface area (Å²) in [7, 11) is 0. The molecule has 0 unspecified atom stereocenters. The van der Waals surface area contributed by atoms with E-state index in [4.69, 9.17) is 0 Å². The van der Waals surface area contributed by atoms with E-state index in [1.54, 1.807) is 11.6 Å². The van der Waals surface area contributed by atoms with E-state index in [9.17, 15) is 9.59 Å². The number of anilines is 1. The third-order valence-electron chi connectivity index (χ3n) is 1.39. The van der Waals surface area contributed by atoms with E-state index in [0.29, 0.717) is 11.7 Å². The number of thiazole rings is 1. The van der Waals surface area contributed by atoms with Crippen LogP contribution in [0.4, 0.5) is 5.13 Å². The monoisotopic (exact) mass is 213 g/mol. The Morgan fingerprint density at radius 2 is 2.29 bits per heavy atom. The van der Waals surface area contributed by atoms with Crippen LogP contribution in [0, 0.1) is 0 Å². The molecular weight excluding hydrogens is 202 g/mol. The quantitative estimate of drug-likeness (QED) is 0.722. The maximum atomic E-state index is 11.2. The fourth-order valence-electron chi connectivity index (χ4n) is 0.758. The van der Waals surface area contributed by atoms with Crippen molar-refractivity contribution in [3.63, 3.8) is 0 Å². The van der Waals surface area contributed by atoms with Crippen LogP contribution in [-0.2, 0) is 9.59 Å². The van der Waals surface area contributed by atoms with Gasteiger partial charge in [0.1, 0.15) is 0 Å². The summed E-state index contributed by atoms with van der Waals surface area (Å²) in [6.07, 6.45) is 2.36. The highest BCUT2D eigenvalue weighted by molar-refractivity contribution is 7.13. The Labute approximate surface area is 85.5 Å². The van der Waals surface area contributed by atoms with Crippen molar-refractivity contribution in [3.05, 3.63) is 11.6 Å². The molecule has 1 aromatic rings. The maximum absolute atomic E-state index is 11.2. The summed E-state index contributed by atoms with van der Waals surface area (Å²) in [5, 5.41) is 7.01. The van der Waals surface area contributed by atoms with Crippen LogP contribution < -0.4 is 10.6 Å². The largest absolute Gasteiger partial charge is 0.348 e. The highest BCUT2D eigenvalue weighted by Gasteiger charge is 2.13. The second-order valence-electron chi connectivity index (χ2n) is 2.55. The third kappa shape index (κ3) is 3.14. The van der Waals surface area contributed by atoms with Gasteiger partial charge in [0.05, 0.1) is 0 Å².